The summed E-state index contributed by atoms with van der Waals surface area (Å²) >= 11 is 4.81. The summed E-state index contributed by atoms with van der Waals surface area (Å²) in [7, 11) is -3.42. The smallest absolute Gasteiger partial charge is 0.220 e. The molecule has 0 aromatic carbocycles. The van der Waals surface area contributed by atoms with E-state index >= 15 is 0 Å². The number of piperidine rings is 1. The van der Waals surface area contributed by atoms with E-state index in [2.05, 4.69) is 16.5 Å². The molecule has 5 nitrogen and oxygen atoms in total. The molecule has 118 valence electrons. The molecular formula is C13H27N3O2S2. The molecule has 3 N–H and O–H groups in total. The van der Waals surface area contributed by atoms with Gasteiger partial charge in [-0.3, -0.25) is 0 Å². The van der Waals surface area contributed by atoms with Gasteiger partial charge in [0.05, 0.1) is 4.99 Å². The van der Waals surface area contributed by atoms with E-state index in [-0.39, 0.29) is 4.99 Å². The molecule has 1 aliphatic heterocycles. The van der Waals surface area contributed by atoms with Gasteiger partial charge in [0.2, 0.25) is 10.0 Å². The second-order valence-corrected chi connectivity index (χ2v) is 7.89. The molecule has 0 aromatic rings. The average molecular weight is 322 g/mol. The predicted octanol–water partition coefficient (Wildman–Crippen LogP) is 1.23. The Bertz CT molecular complexity index is 412. The molecule has 1 rings (SSSR count). The second kappa shape index (κ2) is 8.26. The van der Waals surface area contributed by atoms with Crippen LogP contribution in [0.1, 0.15) is 46.0 Å². The molecule has 0 aromatic heterocycles. The molecule has 0 aliphatic carbocycles. The summed E-state index contributed by atoms with van der Waals surface area (Å²) in [4.78, 5) is 2.48. The number of likely N-dealkylation sites (tertiary alicyclic amines) is 1. The lowest BCUT2D eigenvalue weighted by Crippen LogP contribution is -2.43. The number of nitrogens with zero attached hydrogens (tertiary/aromatic N) is 1. The van der Waals surface area contributed by atoms with Crippen LogP contribution in [0.3, 0.4) is 0 Å². The zero-order valence-electron chi connectivity index (χ0n) is 12.5. The van der Waals surface area contributed by atoms with Crippen molar-refractivity contribution < 1.29 is 8.42 Å². The van der Waals surface area contributed by atoms with Crippen LogP contribution in [0.4, 0.5) is 0 Å². The molecule has 0 radical (unpaired) electrons. The number of hydrogen-bond acceptors (Lipinski definition) is 4. The van der Waals surface area contributed by atoms with Gasteiger partial charge in [0.25, 0.3) is 0 Å². The average Bonchev–Trinajstić information content (AvgIpc) is 2.36. The minimum Gasteiger partial charge on any atom is -0.392 e. The Hall–Kier alpha value is -0.240. The van der Waals surface area contributed by atoms with Crippen molar-refractivity contribution in [2.75, 3.05) is 19.6 Å². The molecule has 1 aliphatic rings. The van der Waals surface area contributed by atoms with E-state index in [1.807, 2.05) is 0 Å². The van der Waals surface area contributed by atoms with E-state index < -0.39 is 15.3 Å². The van der Waals surface area contributed by atoms with Gasteiger partial charge >= 0.3 is 0 Å². The fourth-order valence-corrected chi connectivity index (χ4v) is 4.58. The van der Waals surface area contributed by atoms with Gasteiger partial charge < -0.3 is 10.6 Å². The van der Waals surface area contributed by atoms with Crippen molar-refractivity contribution in [3.8, 4) is 0 Å². The van der Waals surface area contributed by atoms with E-state index in [9.17, 15) is 8.42 Å². The van der Waals surface area contributed by atoms with Gasteiger partial charge in [-0.25, -0.2) is 13.1 Å². The standard InChI is InChI=1S/C13H27N3O2S2/c1-3-12(13(14)19)20(17,18)15-8-6-10-16-9-5-4-7-11(16)2/h11-12,15H,3-10H2,1-2H3,(H2,14,19). The fourth-order valence-electron chi connectivity index (χ4n) is 2.66. The molecule has 0 amide bonds. The monoisotopic (exact) mass is 321 g/mol. The molecule has 0 saturated carbocycles. The Kier molecular flexibility index (Phi) is 7.36. The Morgan fingerprint density at radius 2 is 2.20 bits per heavy atom. The SMILES string of the molecule is CCC(C(N)=S)S(=O)(=O)NCCCN1CCCCC1C. The molecule has 2 atom stereocenters. The van der Waals surface area contributed by atoms with Crippen LogP contribution in [0.2, 0.25) is 0 Å². The van der Waals surface area contributed by atoms with Crippen LogP contribution < -0.4 is 10.5 Å². The summed E-state index contributed by atoms with van der Waals surface area (Å²) in [6.45, 7) is 6.53. The van der Waals surface area contributed by atoms with E-state index in [1.165, 1.54) is 19.3 Å². The van der Waals surface area contributed by atoms with Crippen LogP contribution in [0.25, 0.3) is 0 Å². The lowest BCUT2D eigenvalue weighted by molar-refractivity contribution is 0.159. The van der Waals surface area contributed by atoms with E-state index in [0.29, 0.717) is 19.0 Å². The summed E-state index contributed by atoms with van der Waals surface area (Å²) in [5.41, 5.74) is 5.48. The Labute approximate surface area is 128 Å². The highest BCUT2D eigenvalue weighted by Gasteiger charge is 2.26. The molecule has 20 heavy (non-hydrogen) atoms. The van der Waals surface area contributed by atoms with E-state index in [1.54, 1.807) is 6.92 Å². The molecule has 1 heterocycles. The Morgan fingerprint density at radius 1 is 1.50 bits per heavy atom. The first-order valence-electron chi connectivity index (χ1n) is 7.40. The highest BCUT2D eigenvalue weighted by atomic mass is 32.2. The van der Waals surface area contributed by atoms with Crippen molar-refractivity contribution in [3.05, 3.63) is 0 Å². The van der Waals surface area contributed by atoms with Gasteiger partial charge in [-0.1, -0.05) is 25.6 Å². The second-order valence-electron chi connectivity index (χ2n) is 5.47. The Balaban J connectivity index is 2.34. The predicted molar refractivity (Wildman–Crippen MR) is 87.3 cm³/mol. The van der Waals surface area contributed by atoms with Crippen molar-refractivity contribution >= 4 is 27.2 Å². The van der Waals surface area contributed by atoms with Gasteiger partial charge in [-0.15, -0.1) is 0 Å². The lowest BCUT2D eigenvalue weighted by Gasteiger charge is -2.33. The topological polar surface area (TPSA) is 75.4 Å². The zero-order valence-corrected chi connectivity index (χ0v) is 14.1. The van der Waals surface area contributed by atoms with Crippen LogP contribution in [-0.2, 0) is 10.0 Å². The fraction of sp³-hybridized carbons (Fsp3) is 0.923. The maximum absolute atomic E-state index is 12.0. The number of rotatable bonds is 8. The molecule has 0 spiro atoms. The first kappa shape index (κ1) is 17.8. The van der Waals surface area contributed by atoms with Crippen molar-refractivity contribution in [1.29, 1.82) is 0 Å². The third-order valence-electron chi connectivity index (χ3n) is 3.93. The molecule has 1 fully saturated rings. The summed E-state index contributed by atoms with van der Waals surface area (Å²) in [6.07, 6.45) is 5.02. The zero-order chi connectivity index (χ0) is 15.2. The highest BCUT2D eigenvalue weighted by Crippen LogP contribution is 2.16. The molecular weight excluding hydrogens is 294 g/mol. The van der Waals surface area contributed by atoms with Crippen molar-refractivity contribution in [2.45, 2.75) is 57.2 Å². The first-order valence-corrected chi connectivity index (χ1v) is 9.35. The number of hydrogen-bond donors (Lipinski definition) is 2. The summed E-state index contributed by atoms with van der Waals surface area (Å²) < 4.78 is 26.7. The molecule has 1 saturated heterocycles. The van der Waals surface area contributed by atoms with Gasteiger partial charge in [-0.2, -0.15) is 0 Å². The minimum atomic E-state index is -3.42. The van der Waals surface area contributed by atoms with Gasteiger partial charge in [0.15, 0.2) is 0 Å². The van der Waals surface area contributed by atoms with E-state index in [4.69, 9.17) is 18.0 Å². The Morgan fingerprint density at radius 3 is 2.75 bits per heavy atom. The van der Waals surface area contributed by atoms with E-state index in [0.717, 1.165) is 19.5 Å². The van der Waals surface area contributed by atoms with Gasteiger partial charge in [0, 0.05) is 12.6 Å². The van der Waals surface area contributed by atoms with Crippen molar-refractivity contribution in [2.24, 2.45) is 5.73 Å². The summed E-state index contributed by atoms with van der Waals surface area (Å²) in [6, 6.07) is 0.611. The summed E-state index contributed by atoms with van der Waals surface area (Å²) in [5, 5.41) is -0.758. The van der Waals surface area contributed by atoms with Crippen LogP contribution in [0.5, 0.6) is 0 Å². The largest absolute Gasteiger partial charge is 0.392 e. The minimum absolute atomic E-state index is 0.0460. The summed E-state index contributed by atoms with van der Waals surface area (Å²) in [5.74, 6) is 0. The van der Waals surface area contributed by atoms with Crippen LogP contribution in [0.15, 0.2) is 0 Å². The molecule has 2 unspecified atom stereocenters. The number of sulfonamides is 1. The maximum Gasteiger partial charge on any atom is 0.220 e. The molecule has 0 bridgehead atoms. The highest BCUT2D eigenvalue weighted by molar-refractivity contribution is 7.93. The lowest BCUT2D eigenvalue weighted by atomic mass is 10.0. The first-order chi connectivity index (χ1) is 9.38. The maximum atomic E-state index is 12.0. The quantitative estimate of drug-likeness (QED) is 0.519. The number of thiocarbonyl (C=S) groups is 1. The third kappa shape index (κ3) is 5.27. The van der Waals surface area contributed by atoms with Crippen LogP contribution in [0, 0.1) is 0 Å². The molecule has 7 heteroatoms. The van der Waals surface area contributed by atoms with Gasteiger partial charge in [-0.05, 0) is 45.7 Å². The van der Waals surface area contributed by atoms with Crippen molar-refractivity contribution in [1.82, 2.24) is 9.62 Å². The number of nitrogens with two attached hydrogens (primary N) is 1. The van der Waals surface area contributed by atoms with Crippen molar-refractivity contribution in [3.63, 3.8) is 0 Å². The van der Waals surface area contributed by atoms with Crippen LogP contribution >= 0.6 is 12.2 Å². The normalized spacial score (nSPS) is 22.6. The third-order valence-corrected chi connectivity index (χ3v) is 6.31. The number of nitrogens with one attached hydrogen (secondary N) is 1. The van der Waals surface area contributed by atoms with Gasteiger partial charge in [0.1, 0.15) is 5.25 Å². The van der Waals surface area contributed by atoms with Crippen LogP contribution in [-0.4, -0.2) is 49.2 Å².